The molecule has 0 unspecified atom stereocenters. The van der Waals surface area contributed by atoms with Gasteiger partial charge in [-0.05, 0) is 12.1 Å². The van der Waals surface area contributed by atoms with Gasteiger partial charge < -0.3 is 19.9 Å². The van der Waals surface area contributed by atoms with Crippen LogP contribution in [0.4, 0.5) is 11.5 Å². The van der Waals surface area contributed by atoms with Crippen molar-refractivity contribution >= 4 is 17.4 Å². The maximum absolute atomic E-state index is 12.5. The van der Waals surface area contributed by atoms with E-state index in [-0.39, 0.29) is 17.5 Å². The van der Waals surface area contributed by atoms with Crippen molar-refractivity contribution in [2.75, 3.05) is 11.1 Å². The Morgan fingerprint density at radius 1 is 1.30 bits per heavy atom. The number of nitrogens with one attached hydrogen (secondary N) is 1. The molecule has 4 aromatic heterocycles. The highest BCUT2D eigenvalue weighted by molar-refractivity contribution is 6.04. The Morgan fingerprint density at radius 2 is 2.15 bits per heavy atom. The molecule has 4 heterocycles. The van der Waals surface area contributed by atoms with Crippen LogP contribution >= 0.6 is 0 Å². The first-order valence-electron chi connectivity index (χ1n) is 7.82. The van der Waals surface area contributed by atoms with E-state index in [1.54, 1.807) is 32.3 Å². The zero-order valence-corrected chi connectivity index (χ0v) is 14.4. The minimum Gasteiger partial charge on any atom is -0.444 e. The zero-order valence-electron chi connectivity index (χ0n) is 14.4. The minimum absolute atomic E-state index is 0.0943. The molecule has 27 heavy (non-hydrogen) atoms. The molecule has 0 radical (unpaired) electrons. The molecule has 0 saturated carbocycles. The van der Waals surface area contributed by atoms with Crippen LogP contribution in [0.25, 0.3) is 23.0 Å². The molecule has 1 amide bonds. The number of aromatic nitrogens is 6. The van der Waals surface area contributed by atoms with E-state index in [1.165, 1.54) is 17.1 Å². The molecular weight excluding hydrogens is 352 g/mol. The summed E-state index contributed by atoms with van der Waals surface area (Å²) in [6, 6.07) is 3.28. The Labute approximate surface area is 152 Å². The van der Waals surface area contributed by atoms with Crippen molar-refractivity contribution < 1.29 is 13.6 Å². The minimum atomic E-state index is -0.475. The van der Waals surface area contributed by atoms with Crippen LogP contribution in [0.3, 0.4) is 0 Å². The highest BCUT2D eigenvalue weighted by Crippen LogP contribution is 2.26. The molecular formula is C16H14N8O3. The maximum Gasteiger partial charge on any atom is 0.277 e. The van der Waals surface area contributed by atoms with E-state index in [4.69, 9.17) is 14.6 Å². The average molecular weight is 366 g/mol. The third-order valence-corrected chi connectivity index (χ3v) is 3.57. The largest absolute Gasteiger partial charge is 0.444 e. The first-order chi connectivity index (χ1) is 13.0. The molecule has 0 saturated heterocycles. The highest BCUT2D eigenvalue weighted by Gasteiger charge is 2.20. The summed E-state index contributed by atoms with van der Waals surface area (Å²) in [6.45, 7) is 1.67. The number of nitrogens with two attached hydrogens (primary N) is 1. The van der Waals surface area contributed by atoms with E-state index in [0.29, 0.717) is 28.7 Å². The Bertz CT molecular complexity index is 1130. The van der Waals surface area contributed by atoms with Crippen LogP contribution in [0, 0.1) is 6.92 Å². The Morgan fingerprint density at radius 3 is 2.89 bits per heavy atom. The summed E-state index contributed by atoms with van der Waals surface area (Å²) < 4.78 is 12.3. The van der Waals surface area contributed by atoms with E-state index in [0.717, 1.165) is 0 Å². The highest BCUT2D eigenvalue weighted by atomic mass is 16.4. The number of amides is 1. The van der Waals surface area contributed by atoms with Crippen LogP contribution < -0.4 is 11.1 Å². The van der Waals surface area contributed by atoms with Crippen molar-refractivity contribution in [3.8, 4) is 23.0 Å². The number of aryl methyl sites for hydroxylation is 2. The SMILES string of the molecule is Cc1nnc(-c2nn(C)cc2NC(=O)c2coc(-c3ccnc(N)c3)n2)o1. The summed E-state index contributed by atoms with van der Waals surface area (Å²) >= 11 is 0. The molecule has 3 N–H and O–H groups in total. The van der Waals surface area contributed by atoms with Crippen molar-refractivity contribution in [1.82, 2.24) is 29.9 Å². The first-order valence-corrected chi connectivity index (χ1v) is 7.82. The number of hydrogen-bond donors (Lipinski definition) is 2. The lowest BCUT2D eigenvalue weighted by Gasteiger charge is -2.00. The molecule has 136 valence electrons. The van der Waals surface area contributed by atoms with Crippen LogP contribution in [-0.2, 0) is 7.05 Å². The molecule has 11 heteroatoms. The molecule has 0 aliphatic rings. The molecule has 4 aromatic rings. The van der Waals surface area contributed by atoms with Gasteiger partial charge in [0, 0.05) is 31.9 Å². The monoisotopic (exact) mass is 366 g/mol. The van der Waals surface area contributed by atoms with Crippen LogP contribution in [0.2, 0.25) is 0 Å². The molecule has 0 aliphatic carbocycles. The second kappa shape index (κ2) is 6.37. The second-order valence-corrected chi connectivity index (χ2v) is 5.65. The van der Waals surface area contributed by atoms with Gasteiger partial charge in [0.2, 0.25) is 11.8 Å². The summed E-state index contributed by atoms with van der Waals surface area (Å²) in [6.07, 6.45) is 4.41. The standard InChI is InChI=1S/C16H14N8O3/c1-8-21-22-16(27-8)13-10(6-24(2)23-13)19-14(25)11-7-26-15(20-11)9-3-4-18-12(17)5-9/h3-7H,1-2H3,(H2,17,18)(H,19,25). The number of pyridine rings is 1. The van der Waals surface area contributed by atoms with E-state index >= 15 is 0 Å². The fraction of sp³-hybridized carbons (Fsp3) is 0.125. The quantitative estimate of drug-likeness (QED) is 0.549. The third kappa shape index (κ3) is 3.25. The summed E-state index contributed by atoms with van der Waals surface area (Å²) in [4.78, 5) is 20.6. The van der Waals surface area contributed by atoms with Gasteiger partial charge in [-0.25, -0.2) is 9.97 Å². The normalized spacial score (nSPS) is 10.9. The molecule has 11 nitrogen and oxygen atoms in total. The van der Waals surface area contributed by atoms with Crippen LogP contribution in [0.5, 0.6) is 0 Å². The number of carbonyl (C=O) groups excluding carboxylic acids is 1. The van der Waals surface area contributed by atoms with Crippen LogP contribution in [0.15, 0.2) is 39.6 Å². The van der Waals surface area contributed by atoms with Gasteiger partial charge >= 0.3 is 0 Å². The fourth-order valence-electron chi connectivity index (χ4n) is 2.41. The van der Waals surface area contributed by atoms with E-state index < -0.39 is 5.91 Å². The predicted molar refractivity (Wildman–Crippen MR) is 93.3 cm³/mol. The zero-order chi connectivity index (χ0) is 19.0. The smallest absolute Gasteiger partial charge is 0.277 e. The first kappa shape index (κ1) is 16.4. The van der Waals surface area contributed by atoms with Gasteiger partial charge in [-0.1, -0.05) is 0 Å². The fourth-order valence-corrected chi connectivity index (χ4v) is 2.41. The van der Waals surface area contributed by atoms with Crippen molar-refractivity contribution in [2.24, 2.45) is 7.05 Å². The molecule has 0 spiro atoms. The van der Waals surface area contributed by atoms with E-state index in [1.807, 2.05) is 0 Å². The summed E-state index contributed by atoms with van der Waals surface area (Å²) in [5.41, 5.74) is 7.13. The van der Waals surface area contributed by atoms with Crippen molar-refractivity contribution in [2.45, 2.75) is 6.92 Å². The van der Waals surface area contributed by atoms with Gasteiger partial charge in [-0.2, -0.15) is 5.10 Å². The second-order valence-electron chi connectivity index (χ2n) is 5.65. The molecule has 0 aromatic carbocycles. The summed E-state index contributed by atoms with van der Waals surface area (Å²) in [5, 5.41) is 14.7. The number of rotatable bonds is 4. The lowest BCUT2D eigenvalue weighted by Crippen LogP contribution is -2.12. The molecule has 0 atom stereocenters. The van der Waals surface area contributed by atoms with Gasteiger partial charge in [-0.15, -0.1) is 10.2 Å². The van der Waals surface area contributed by atoms with Crippen molar-refractivity contribution in [3.63, 3.8) is 0 Å². The van der Waals surface area contributed by atoms with Crippen molar-refractivity contribution in [3.05, 3.63) is 42.4 Å². The Kier molecular flexibility index (Phi) is 3.88. The Hall–Kier alpha value is -4.02. The predicted octanol–water partition coefficient (Wildman–Crippen LogP) is 1.66. The molecule has 0 bridgehead atoms. The molecule has 0 aliphatic heterocycles. The topological polar surface area (TPSA) is 151 Å². The Balaban J connectivity index is 1.59. The van der Waals surface area contributed by atoms with Crippen LogP contribution in [0.1, 0.15) is 16.4 Å². The molecule has 4 rings (SSSR count). The molecule has 0 fully saturated rings. The van der Waals surface area contributed by atoms with Crippen molar-refractivity contribution in [1.29, 1.82) is 0 Å². The summed E-state index contributed by atoms with van der Waals surface area (Å²) in [7, 11) is 1.71. The van der Waals surface area contributed by atoms with Gasteiger partial charge in [0.15, 0.2) is 11.4 Å². The van der Waals surface area contributed by atoms with Crippen LogP contribution in [-0.4, -0.2) is 35.9 Å². The van der Waals surface area contributed by atoms with Gasteiger partial charge in [0.25, 0.3) is 11.8 Å². The van der Waals surface area contributed by atoms with Gasteiger partial charge in [-0.3, -0.25) is 9.48 Å². The average Bonchev–Trinajstić information content (AvgIpc) is 3.35. The number of nitrogens with zero attached hydrogens (tertiary/aromatic N) is 6. The number of nitrogen functional groups attached to an aromatic ring is 1. The number of oxazole rings is 1. The maximum atomic E-state index is 12.5. The third-order valence-electron chi connectivity index (χ3n) is 3.57. The van der Waals surface area contributed by atoms with E-state index in [2.05, 4.69) is 30.6 Å². The number of hydrogen-bond acceptors (Lipinski definition) is 9. The van der Waals surface area contributed by atoms with Gasteiger partial charge in [0.1, 0.15) is 12.1 Å². The van der Waals surface area contributed by atoms with Gasteiger partial charge in [0.05, 0.1) is 5.69 Å². The number of anilines is 2. The number of carbonyl (C=O) groups is 1. The lowest BCUT2D eigenvalue weighted by molar-refractivity contribution is 0.102. The summed E-state index contributed by atoms with van der Waals surface area (Å²) in [5.74, 6) is 0.708. The lowest BCUT2D eigenvalue weighted by atomic mass is 10.2. The van der Waals surface area contributed by atoms with E-state index in [9.17, 15) is 4.79 Å².